The molecule has 0 bridgehead atoms. The molecule has 0 aliphatic carbocycles. The van der Waals surface area contributed by atoms with Crippen LogP contribution in [-0.4, -0.2) is 11.4 Å². The SMILES string of the molecule is CC(C)(C)N.CCCCc1cccc(NC(C)=O)c1. The van der Waals surface area contributed by atoms with Crippen molar-refractivity contribution in [3.8, 4) is 0 Å². The van der Waals surface area contributed by atoms with E-state index in [1.165, 1.54) is 25.3 Å². The van der Waals surface area contributed by atoms with Crippen LogP contribution in [0.1, 0.15) is 53.0 Å². The Hall–Kier alpha value is -1.35. The number of hydrogen-bond donors (Lipinski definition) is 2. The molecule has 0 unspecified atom stereocenters. The first-order chi connectivity index (χ1) is 8.72. The summed E-state index contributed by atoms with van der Waals surface area (Å²) in [5.41, 5.74) is 7.54. The van der Waals surface area contributed by atoms with Crippen LogP contribution in [0.4, 0.5) is 5.69 Å². The lowest BCUT2D eigenvalue weighted by Gasteiger charge is -2.06. The number of amides is 1. The van der Waals surface area contributed by atoms with E-state index >= 15 is 0 Å². The maximum Gasteiger partial charge on any atom is 0.221 e. The second kappa shape index (κ2) is 8.70. The van der Waals surface area contributed by atoms with E-state index < -0.39 is 0 Å². The fourth-order valence-corrected chi connectivity index (χ4v) is 1.39. The fourth-order valence-electron chi connectivity index (χ4n) is 1.39. The molecular weight excluding hydrogens is 236 g/mol. The smallest absolute Gasteiger partial charge is 0.221 e. The van der Waals surface area contributed by atoms with Crippen molar-refractivity contribution in [2.75, 3.05) is 5.32 Å². The lowest BCUT2D eigenvalue weighted by atomic mass is 10.1. The summed E-state index contributed by atoms with van der Waals surface area (Å²) in [5.74, 6) is -0.0161. The van der Waals surface area contributed by atoms with E-state index in [0.717, 1.165) is 12.1 Å². The molecule has 3 N–H and O–H groups in total. The van der Waals surface area contributed by atoms with E-state index in [9.17, 15) is 4.79 Å². The lowest BCUT2D eigenvalue weighted by Crippen LogP contribution is -2.26. The molecule has 108 valence electrons. The van der Waals surface area contributed by atoms with Crippen molar-refractivity contribution in [3.05, 3.63) is 29.8 Å². The van der Waals surface area contributed by atoms with Crippen molar-refractivity contribution >= 4 is 11.6 Å². The average molecular weight is 264 g/mol. The summed E-state index contributed by atoms with van der Waals surface area (Å²) in [7, 11) is 0. The minimum absolute atomic E-state index is 0. The Morgan fingerprint density at radius 3 is 2.37 bits per heavy atom. The number of anilines is 1. The second-order valence-electron chi connectivity index (χ2n) is 5.85. The minimum atomic E-state index is -0.0161. The van der Waals surface area contributed by atoms with Crippen molar-refractivity contribution < 1.29 is 4.79 Å². The summed E-state index contributed by atoms with van der Waals surface area (Å²) in [5, 5.41) is 2.78. The largest absolute Gasteiger partial charge is 0.326 e. The van der Waals surface area contributed by atoms with Gasteiger partial charge < -0.3 is 11.1 Å². The first-order valence-corrected chi connectivity index (χ1v) is 6.87. The second-order valence-corrected chi connectivity index (χ2v) is 5.85. The number of nitrogens with one attached hydrogen (secondary N) is 1. The van der Waals surface area contributed by atoms with Gasteiger partial charge in [0.1, 0.15) is 0 Å². The van der Waals surface area contributed by atoms with Gasteiger partial charge >= 0.3 is 0 Å². The number of aryl methyl sites for hydroxylation is 1. The van der Waals surface area contributed by atoms with Crippen LogP contribution < -0.4 is 11.1 Å². The molecule has 0 aliphatic heterocycles. The van der Waals surface area contributed by atoms with Crippen LogP contribution in [0.2, 0.25) is 0 Å². The van der Waals surface area contributed by atoms with Crippen molar-refractivity contribution in [1.29, 1.82) is 0 Å². The highest BCUT2D eigenvalue weighted by Gasteiger charge is 1.97. The predicted molar refractivity (Wildman–Crippen MR) is 83.3 cm³/mol. The number of unbranched alkanes of at least 4 members (excludes halogenated alkanes) is 1. The van der Waals surface area contributed by atoms with Crippen molar-refractivity contribution in [3.63, 3.8) is 0 Å². The maximum absolute atomic E-state index is 10.8. The van der Waals surface area contributed by atoms with Gasteiger partial charge in [0.05, 0.1) is 0 Å². The zero-order valence-electron chi connectivity index (χ0n) is 12.9. The molecule has 0 atom stereocenters. The maximum atomic E-state index is 10.8. The summed E-state index contributed by atoms with van der Waals surface area (Å²) in [6.45, 7) is 9.60. The molecule has 0 saturated carbocycles. The van der Waals surface area contributed by atoms with Gasteiger partial charge in [-0.1, -0.05) is 25.5 Å². The number of carbonyl (C=O) groups is 1. The van der Waals surface area contributed by atoms with Gasteiger partial charge in [0.2, 0.25) is 5.91 Å². The molecule has 3 nitrogen and oxygen atoms in total. The summed E-state index contributed by atoms with van der Waals surface area (Å²) in [6.07, 6.45) is 3.48. The molecule has 1 aromatic carbocycles. The van der Waals surface area contributed by atoms with Crippen LogP contribution in [0.25, 0.3) is 0 Å². The molecule has 3 heteroatoms. The zero-order valence-corrected chi connectivity index (χ0v) is 12.9. The standard InChI is InChI=1S/C12H17NO.C4H11N/c1-3-4-6-11-7-5-8-12(9-11)13-10(2)14;1-4(2,3)5/h5,7-9H,3-4,6H2,1-2H3,(H,13,14);5H2,1-3H3. The van der Waals surface area contributed by atoms with Gasteiger partial charge in [-0.05, 0) is 51.3 Å². The molecule has 0 saturated heterocycles. The molecule has 1 rings (SSSR count). The molecular formula is C16H28N2O. The Balaban J connectivity index is 0.000000555. The number of hydrogen-bond acceptors (Lipinski definition) is 2. The number of benzene rings is 1. The third-order valence-electron chi connectivity index (χ3n) is 2.07. The van der Waals surface area contributed by atoms with Gasteiger partial charge in [0, 0.05) is 18.2 Å². The van der Waals surface area contributed by atoms with Gasteiger partial charge in [0.15, 0.2) is 0 Å². The lowest BCUT2D eigenvalue weighted by molar-refractivity contribution is -0.114. The summed E-state index contributed by atoms with van der Waals surface area (Å²) in [4.78, 5) is 10.8. The molecule has 0 spiro atoms. The Bertz CT molecular complexity index is 375. The van der Waals surface area contributed by atoms with Crippen LogP contribution in [0.3, 0.4) is 0 Å². The topological polar surface area (TPSA) is 55.1 Å². The molecule has 0 aliphatic rings. The Morgan fingerprint density at radius 2 is 1.89 bits per heavy atom. The number of nitrogens with two attached hydrogens (primary N) is 1. The highest BCUT2D eigenvalue weighted by Crippen LogP contribution is 2.12. The van der Waals surface area contributed by atoms with E-state index in [1.807, 2.05) is 39.0 Å². The first-order valence-electron chi connectivity index (χ1n) is 6.87. The van der Waals surface area contributed by atoms with Gasteiger partial charge in [-0.25, -0.2) is 0 Å². The van der Waals surface area contributed by atoms with Crippen LogP contribution in [0.5, 0.6) is 0 Å². The van der Waals surface area contributed by atoms with Crippen LogP contribution in [-0.2, 0) is 11.2 Å². The van der Waals surface area contributed by atoms with E-state index in [4.69, 9.17) is 5.73 Å². The highest BCUT2D eigenvalue weighted by molar-refractivity contribution is 5.88. The number of rotatable bonds is 4. The van der Waals surface area contributed by atoms with E-state index in [-0.39, 0.29) is 11.4 Å². The highest BCUT2D eigenvalue weighted by atomic mass is 16.1. The van der Waals surface area contributed by atoms with E-state index in [0.29, 0.717) is 0 Å². The average Bonchev–Trinajstić information content (AvgIpc) is 2.23. The summed E-state index contributed by atoms with van der Waals surface area (Å²) in [6, 6.07) is 8.03. The fraction of sp³-hybridized carbons (Fsp3) is 0.562. The zero-order chi connectivity index (χ0) is 14.9. The van der Waals surface area contributed by atoms with E-state index in [2.05, 4.69) is 18.3 Å². The first kappa shape index (κ1) is 17.6. The minimum Gasteiger partial charge on any atom is -0.326 e. The third-order valence-corrected chi connectivity index (χ3v) is 2.07. The number of carbonyl (C=O) groups excluding carboxylic acids is 1. The Labute approximate surface area is 117 Å². The molecule has 0 aromatic heterocycles. The molecule has 1 aromatic rings. The monoisotopic (exact) mass is 264 g/mol. The molecule has 0 radical (unpaired) electrons. The normalized spacial score (nSPS) is 10.4. The third kappa shape index (κ3) is 12.9. The van der Waals surface area contributed by atoms with Crippen LogP contribution in [0, 0.1) is 0 Å². The summed E-state index contributed by atoms with van der Waals surface area (Å²) >= 11 is 0. The molecule has 1 amide bonds. The van der Waals surface area contributed by atoms with Gasteiger partial charge in [0.25, 0.3) is 0 Å². The van der Waals surface area contributed by atoms with E-state index in [1.54, 1.807) is 0 Å². The van der Waals surface area contributed by atoms with Crippen LogP contribution >= 0.6 is 0 Å². The predicted octanol–water partition coefficient (Wildman–Crippen LogP) is 3.73. The molecule has 0 heterocycles. The van der Waals surface area contributed by atoms with Crippen molar-refractivity contribution in [2.45, 2.75) is 59.4 Å². The van der Waals surface area contributed by atoms with Crippen molar-refractivity contribution in [2.24, 2.45) is 5.73 Å². The quantitative estimate of drug-likeness (QED) is 0.870. The van der Waals surface area contributed by atoms with Crippen LogP contribution in [0.15, 0.2) is 24.3 Å². The Kier molecular flexibility index (Phi) is 8.08. The Morgan fingerprint density at radius 1 is 1.32 bits per heavy atom. The molecule has 19 heavy (non-hydrogen) atoms. The van der Waals surface area contributed by atoms with Crippen molar-refractivity contribution in [1.82, 2.24) is 0 Å². The summed E-state index contributed by atoms with van der Waals surface area (Å²) < 4.78 is 0. The van der Waals surface area contributed by atoms with Gasteiger partial charge in [-0.15, -0.1) is 0 Å². The molecule has 0 fully saturated rings. The van der Waals surface area contributed by atoms with Gasteiger partial charge in [-0.3, -0.25) is 4.79 Å². The van der Waals surface area contributed by atoms with Gasteiger partial charge in [-0.2, -0.15) is 0 Å².